The first kappa shape index (κ1) is 13.5. The lowest BCUT2D eigenvalue weighted by Gasteiger charge is -2.29. The standard InChI is InChI=1S/C12H21N3O2S/c1-9-5-7-15(8-6-9)18(16,17)12-10(2)13-14(4)11(12)3/h9H,5-8H2,1-4H3. The number of rotatable bonds is 2. The van der Waals surface area contributed by atoms with Gasteiger partial charge in [0.25, 0.3) is 0 Å². The molecule has 0 saturated carbocycles. The van der Waals surface area contributed by atoms with E-state index in [1.165, 1.54) is 0 Å². The molecule has 1 fully saturated rings. The van der Waals surface area contributed by atoms with Gasteiger partial charge in [0.05, 0.1) is 11.4 Å². The first-order valence-corrected chi connectivity index (χ1v) is 7.78. The van der Waals surface area contributed by atoms with E-state index in [2.05, 4.69) is 12.0 Å². The minimum atomic E-state index is -3.38. The molecular weight excluding hydrogens is 250 g/mol. The van der Waals surface area contributed by atoms with Crippen LogP contribution in [0, 0.1) is 19.8 Å². The molecule has 0 unspecified atom stereocenters. The fourth-order valence-electron chi connectivity index (χ4n) is 2.48. The number of sulfonamides is 1. The second kappa shape index (κ2) is 4.66. The van der Waals surface area contributed by atoms with Crippen LogP contribution in [-0.4, -0.2) is 35.6 Å². The maximum atomic E-state index is 12.6. The lowest BCUT2D eigenvalue weighted by atomic mass is 10.0. The van der Waals surface area contributed by atoms with E-state index in [1.807, 2.05) is 0 Å². The minimum Gasteiger partial charge on any atom is -0.271 e. The summed E-state index contributed by atoms with van der Waals surface area (Å²) in [6.07, 6.45) is 1.88. The lowest BCUT2D eigenvalue weighted by Crippen LogP contribution is -2.38. The van der Waals surface area contributed by atoms with Gasteiger partial charge >= 0.3 is 0 Å². The summed E-state index contributed by atoms with van der Waals surface area (Å²) in [5, 5.41) is 4.20. The molecular formula is C12H21N3O2S. The van der Waals surface area contributed by atoms with Gasteiger partial charge in [0.15, 0.2) is 0 Å². The number of piperidine rings is 1. The number of aromatic nitrogens is 2. The summed E-state index contributed by atoms with van der Waals surface area (Å²) in [6.45, 7) is 6.98. The molecule has 0 bridgehead atoms. The van der Waals surface area contributed by atoms with Gasteiger partial charge in [0.1, 0.15) is 4.90 Å². The molecule has 1 aliphatic heterocycles. The van der Waals surface area contributed by atoms with E-state index in [0.717, 1.165) is 12.8 Å². The molecule has 0 radical (unpaired) electrons. The number of hydrogen-bond acceptors (Lipinski definition) is 3. The molecule has 0 N–H and O–H groups in total. The molecule has 0 spiro atoms. The topological polar surface area (TPSA) is 55.2 Å². The maximum absolute atomic E-state index is 12.6. The van der Waals surface area contributed by atoms with Crippen molar-refractivity contribution in [2.75, 3.05) is 13.1 Å². The Labute approximate surface area is 109 Å². The highest BCUT2D eigenvalue weighted by Gasteiger charge is 2.32. The van der Waals surface area contributed by atoms with Crippen molar-refractivity contribution in [2.45, 2.75) is 38.5 Å². The third-order valence-electron chi connectivity index (χ3n) is 3.78. The molecule has 0 amide bonds. The quantitative estimate of drug-likeness (QED) is 0.818. The molecule has 18 heavy (non-hydrogen) atoms. The molecule has 1 aromatic heterocycles. The van der Waals surface area contributed by atoms with E-state index in [1.54, 1.807) is 29.9 Å². The predicted molar refractivity (Wildman–Crippen MR) is 69.8 cm³/mol. The van der Waals surface area contributed by atoms with Crippen LogP contribution in [0.25, 0.3) is 0 Å². The summed E-state index contributed by atoms with van der Waals surface area (Å²) in [6, 6.07) is 0. The Morgan fingerprint density at radius 1 is 1.22 bits per heavy atom. The molecule has 0 aromatic carbocycles. The smallest absolute Gasteiger partial charge is 0.246 e. The molecule has 1 aromatic rings. The van der Waals surface area contributed by atoms with Crippen molar-refractivity contribution in [2.24, 2.45) is 13.0 Å². The van der Waals surface area contributed by atoms with Crippen molar-refractivity contribution < 1.29 is 8.42 Å². The van der Waals surface area contributed by atoms with Crippen LogP contribution in [0.5, 0.6) is 0 Å². The van der Waals surface area contributed by atoms with Crippen LogP contribution in [0.3, 0.4) is 0 Å². The molecule has 5 nitrogen and oxygen atoms in total. The first-order valence-electron chi connectivity index (χ1n) is 6.34. The summed E-state index contributed by atoms with van der Waals surface area (Å²) in [7, 11) is -1.60. The molecule has 0 aliphatic carbocycles. The van der Waals surface area contributed by atoms with Crippen LogP contribution in [0.15, 0.2) is 4.90 Å². The minimum absolute atomic E-state index is 0.388. The normalized spacial score (nSPS) is 19.3. The molecule has 1 saturated heterocycles. The monoisotopic (exact) mass is 271 g/mol. The first-order chi connectivity index (χ1) is 8.34. The van der Waals surface area contributed by atoms with E-state index < -0.39 is 10.0 Å². The van der Waals surface area contributed by atoms with Crippen LogP contribution in [0.4, 0.5) is 0 Å². The molecule has 6 heteroatoms. The van der Waals surface area contributed by atoms with Gasteiger partial charge in [0.2, 0.25) is 10.0 Å². The van der Waals surface area contributed by atoms with Crippen LogP contribution in [0.1, 0.15) is 31.2 Å². The molecule has 2 heterocycles. The zero-order valence-corrected chi connectivity index (χ0v) is 12.3. The Bertz CT molecular complexity index is 540. The summed E-state index contributed by atoms with van der Waals surface area (Å²) in [4.78, 5) is 0.388. The van der Waals surface area contributed by atoms with E-state index in [0.29, 0.717) is 35.3 Å². The Hall–Kier alpha value is -0.880. The van der Waals surface area contributed by atoms with E-state index in [9.17, 15) is 8.42 Å². The highest BCUT2D eigenvalue weighted by atomic mass is 32.2. The van der Waals surface area contributed by atoms with Gasteiger partial charge < -0.3 is 0 Å². The van der Waals surface area contributed by atoms with Crippen molar-refractivity contribution in [3.05, 3.63) is 11.4 Å². The highest BCUT2D eigenvalue weighted by Crippen LogP contribution is 2.27. The zero-order chi connectivity index (χ0) is 13.5. The number of nitrogens with zero attached hydrogens (tertiary/aromatic N) is 3. The molecule has 2 rings (SSSR count). The Morgan fingerprint density at radius 2 is 1.78 bits per heavy atom. The van der Waals surface area contributed by atoms with Gasteiger partial charge in [-0.15, -0.1) is 0 Å². The van der Waals surface area contributed by atoms with Crippen LogP contribution >= 0.6 is 0 Å². The van der Waals surface area contributed by atoms with Gasteiger partial charge in [0, 0.05) is 20.1 Å². The van der Waals surface area contributed by atoms with Crippen molar-refractivity contribution in [1.29, 1.82) is 0 Å². The van der Waals surface area contributed by atoms with Crippen LogP contribution in [0.2, 0.25) is 0 Å². The lowest BCUT2D eigenvalue weighted by molar-refractivity contribution is 0.288. The van der Waals surface area contributed by atoms with Gasteiger partial charge in [-0.25, -0.2) is 8.42 Å². The van der Waals surface area contributed by atoms with E-state index >= 15 is 0 Å². The second-order valence-corrected chi connectivity index (χ2v) is 7.08. The van der Waals surface area contributed by atoms with Gasteiger partial charge in [-0.05, 0) is 32.6 Å². The second-order valence-electron chi connectivity index (χ2n) is 5.21. The van der Waals surface area contributed by atoms with E-state index in [-0.39, 0.29) is 0 Å². The Morgan fingerprint density at radius 3 is 2.22 bits per heavy atom. The Kier molecular flexibility index (Phi) is 3.51. The number of hydrogen-bond donors (Lipinski definition) is 0. The Balaban J connectivity index is 2.37. The SMILES string of the molecule is Cc1nn(C)c(C)c1S(=O)(=O)N1CCC(C)CC1. The van der Waals surface area contributed by atoms with Crippen molar-refractivity contribution in [1.82, 2.24) is 14.1 Å². The number of aryl methyl sites for hydroxylation is 2. The maximum Gasteiger partial charge on any atom is 0.246 e. The average Bonchev–Trinajstić information content (AvgIpc) is 2.54. The fourth-order valence-corrected chi connectivity index (χ4v) is 4.35. The van der Waals surface area contributed by atoms with Crippen LogP contribution in [-0.2, 0) is 17.1 Å². The van der Waals surface area contributed by atoms with Crippen LogP contribution < -0.4 is 0 Å². The average molecular weight is 271 g/mol. The predicted octanol–water partition coefficient (Wildman–Crippen LogP) is 1.46. The summed E-state index contributed by atoms with van der Waals surface area (Å²) < 4.78 is 28.5. The van der Waals surface area contributed by atoms with Gasteiger partial charge in [-0.1, -0.05) is 6.92 Å². The third-order valence-corrected chi connectivity index (χ3v) is 5.93. The fraction of sp³-hybridized carbons (Fsp3) is 0.750. The summed E-state index contributed by atoms with van der Waals surface area (Å²) in [5.74, 6) is 0.618. The van der Waals surface area contributed by atoms with Crippen molar-refractivity contribution in [3.8, 4) is 0 Å². The molecule has 1 aliphatic rings. The largest absolute Gasteiger partial charge is 0.271 e. The van der Waals surface area contributed by atoms with Crippen molar-refractivity contribution >= 4 is 10.0 Å². The molecule has 102 valence electrons. The summed E-state index contributed by atoms with van der Waals surface area (Å²) >= 11 is 0. The molecule has 0 atom stereocenters. The third kappa shape index (κ3) is 2.19. The van der Waals surface area contributed by atoms with Gasteiger partial charge in [-0.3, -0.25) is 4.68 Å². The zero-order valence-electron chi connectivity index (χ0n) is 11.5. The van der Waals surface area contributed by atoms with Gasteiger partial charge in [-0.2, -0.15) is 9.40 Å². The van der Waals surface area contributed by atoms with E-state index in [4.69, 9.17) is 0 Å². The summed E-state index contributed by atoms with van der Waals surface area (Å²) in [5.41, 5.74) is 1.31. The van der Waals surface area contributed by atoms with Crippen molar-refractivity contribution in [3.63, 3.8) is 0 Å². The highest BCUT2D eigenvalue weighted by molar-refractivity contribution is 7.89.